The monoisotopic (exact) mass is 360 g/mol. The maximum absolute atomic E-state index is 12.4. The molecule has 26 heavy (non-hydrogen) atoms. The summed E-state index contributed by atoms with van der Waals surface area (Å²) in [5.41, 5.74) is 1.25. The van der Waals surface area contributed by atoms with E-state index in [1.165, 1.54) is 7.11 Å². The lowest BCUT2D eigenvalue weighted by molar-refractivity contribution is -0.136. The van der Waals surface area contributed by atoms with E-state index in [4.69, 9.17) is 9.84 Å². The number of carbonyl (C=O) groups excluding carboxylic acids is 2. The van der Waals surface area contributed by atoms with Gasteiger partial charge in [0.05, 0.1) is 19.1 Å². The molecule has 142 valence electrons. The summed E-state index contributed by atoms with van der Waals surface area (Å²) in [7, 11) is 1.47. The zero-order valence-corrected chi connectivity index (χ0v) is 15.0. The Kier molecular flexibility index (Phi) is 9.89. The van der Waals surface area contributed by atoms with Gasteiger partial charge >= 0.3 is 5.97 Å². The molecular weight excluding hydrogens is 332 g/mol. The van der Waals surface area contributed by atoms with E-state index in [1.54, 1.807) is 25.1 Å². The fourth-order valence-electron chi connectivity index (χ4n) is 2.49. The number of aliphatic carboxylic acids is 1. The van der Waals surface area contributed by atoms with Gasteiger partial charge in [-0.2, -0.15) is 0 Å². The first-order chi connectivity index (χ1) is 12.0. The molecule has 0 aliphatic rings. The third-order valence-corrected chi connectivity index (χ3v) is 3.80. The molecule has 0 amide bonds. The number of carboxylic acid groups (broad SMARTS) is 1. The highest BCUT2D eigenvalue weighted by Crippen LogP contribution is 2.31. The molecule has 0 unspecified atom stereocenters. The quantitative estimate of drug-likeness (QED) is 0.563. The van der Waals surface area contributed by atoms with Crippen LogP contribution in [0.3, 0.4) is 0 Å². The predicted octanol–water partition coefficient (Wildman–Crippen LogP) is 4.86. The van der Waals surface area contributed by atoms with Crippen molar-refractivity contribution in [2.75, 3.05) is 7.11 Å². The molecule has 0 aromatic heterocycles. The standard InChI is InChI=1S/C18H18O5.C2H6.CH4/c1-11(10-19)12-3-5-14-13(9-12)4-7-16(23-2)18(14)15(20)6-8-17(21)22;1-2;/h3-5,7,9-11H,6,8H2,1-2H3,(H,21,22);1-2H3;1H4/t11-;;/m0../s1. The molecule has 0 spiro atoms. The number of carbonyl (C=O) groups is 3. The molecule has 5 heteroatoms. The highest BCUT2D eigenvalue weighted by Gasteiger charge is 2.18. The van der Waals surface area contributed by atoms with Gasteiger partial charge in [-0.15, -0.1) is 0 Å². The maximum atomic E-state index is 12.4. The van der Waals surface area contributed by atoms with E-state index < -0.39 is 5.97 Å². The minimum atomic E-state index is -1.01. The molecule has 0 aliphatic carbocycles. The molecule has 0 aliphatic heterocycles. The number of fused-ring (bicyclic) bond motifs is 1. The Morgan fingerprint density at radius 2 is 1.81 bits per heavy atom. The number of Topliss-reactive ketones (excluding diaryl/α,β-unsaturated/α-hetero) is 1. The highest BCUT2D eigenvalue weighted by atomic mass is 16.5. The van der Waals surface area contributed by atoms with Crippen molar-refractivity contribution in [3.63, 3.8) is 0 Å². The molecule has 2 aromatic rings. The van der Waals surface area contributed by atoms with Crippen LogP contribution < -0.4 is 4.74 Å². The first-order valence-corrected chi connectivity index (χ1v) is 8.29. The third-order valence-electron chi connectivity index (χ3n) is 3.80. The summed E-state index contributed by atoms with van der Waals surface area (Å²) >= 11 is 0. The van der Waals surface area contributed by atoms with Gasteiger partial charge in [0.15, 0.2) is 5.78 Å². The van der Waals surface area contributed by atoms with Crippen molar-refractivity contribution in [3.05, 3.63) is 41.5 Å². The summed E-state index contributed by atoms with van der Waals surface area (Å²) in [6.07, 6.45) is 0.555. The Labute approximate surface area is 155 Å². The Morgan fingerprint density at radius 1 is 1.15 bits per heavy atom. The number of hydrogen-bond donors (Lipinski definition) is 1. The van der Waals surface area contributed by atoms with E-state index in [2.05, 4.69) is 0 Å². The molecule has 1 atom stereocenters. The van der Waals surface area contributed by atoms with Crippen LogP contribution in [0.5, 0.6) is 5.75 Å². The SMILES string of the molecule is C.CC.COc1ccc2cc([C@@H](C)C=O)ccc2c1C(=O)CCC(=O)O. The zero-order chi connectivity index (χ0) is 19.0. The van der Waals surface area contributed by atoms with Crippen LogP contribution in [0.4, 0.5) is 0 Å². The molecule has 0 radical (unpaired) electrons. The van der Waals surface area contributed by atoms with Crippen LogP contribution in [-0.2, 0) is 9.59 Å². The Hall–Kier alpha value is -2.69. The lowest BCUT2D eigenvalue weighted by Gasteiger charge is -2.13. The van der Waals surface area contributed by atoms with Crippen molar-refractivity contribution in [1.82, 2.24) is 0 Å². The second kappa shape index (κ2) is 11.0. The Bertz CT molecular complexity index is 764. The van der Waals surface area contributed by atoms with Gasteiger partial charge in [0, 0.05) is 12.3 Å². The van der Waals surface area contributed by atoms with Crippen LogP contribution in [0.2, 0.25) is 0 Å². The van der Waals surface area contributed by atoms with E-state index in [9.17, 15) is 14.4 Å². The molecule has 0 bridgehead atoms. The topological polar surface area (TPSA) is 80.7 Å². The number of hydrogen-bond acceptors (Lipinski definition) is 4. The minimum absolute atomic E-state index is 0. The molecule has 0 saturated carbocycles. The second-order valence-electron chi connectivity index (χ2n) is 5.37. The van der Waals surface area contributed by atoms with Gasteiger partial charge in [0.1, 0.15) is 12.0 Å². The smallest absolute Gasteiger partial charge is 0.303 e. The van der Waals surface area contributed by atoms with Gasteiger partial charge < -0.3 is 14.6 Å². The van der Waals surface area contributed by atoms with Gasteiger partial charge in [-0.25, -0.2) is 0 Å². The number of ketones is 1. The fourth-order valence-corrected chi connectivity index (χ4v) is 2.49. The number of aldehydes is 1. The van der Waals surface area contributed by atoms with Crippen LogP contribution in [0.1, 0.15) is 62.9 Å². The van der Waals surface area contributed by atoms with Crippen molar-refractivity contribution in [2.24, 2.45) is 0 Å². The van der Waals surface area contributed by atoms with Crippen molar-refractivity contribution in [2.45, 2.75) is 47.0 Å². The first kappa shape index (κ1) is 23.3. The molecule has 0 saturated heterocycles. The minimum Gasteiger partial charge on any atom is -0.496 e. The number of ether oxygens (including phenoxy) is 1. The van der Waals surface area contributed by atoms with E-state index >= 15 is 0 Å². The number of benzene rings is 2. The molecule has 0 heterocycles. The molecule has 2 aromatic carbocycles. The summed E-state index contributed by atoms with van der Waals surface area (Å²) in [6.45, 7) is 5.80. The summed E-state index contributed by atoms with van der Waals surface area (Å²) in [6, 6.07) is 8.95. The Balaban J connectivity index is 0.00000201. The Morgan fingerprint density at radius 3 is 2.35 bits per heavy atom. The van der Waals surface area contributed by atoms with Crippen LogP contribution >= 0.6 is 0 Å². The zero-order valence-electron chi connectivity index (χ0n) is 15.0. The molecular formula is C21H28O5. The molecule has 1 N–H and O–H groups in total. The summed E-state index contributed by atoms with van der Waals surface area (Å²) in [4.78, 5) is 34.0. The van der Waals surface area contributed by atoms with E-state index in [-0.39, 0.29) is 32.0 Å². The molecule has 0 fully saturated rings. The van der Waals surface area contributed by atoms with Crippen molar-refractivity contribution in [3.8, 4) is 5.75 Å². The van der Waals surface area contributed by atoms with Crippen molar-refractivity contribution < 1.29 is 24.2 Å². The summed E-state index contributed by atoms with van der Waals surface area (Å²) < 4.78 is 5.26. The third kappa shape index (κ3) is 5.41. The van der Waals surface area contributed by atoms with Crippen LogP contribution in [-0.4, -0.2) is 30.3 Å². The predicted molar refractivity (Wildman–Crippen MR) is 104 cm³/mol. The number of carboxylic acids is 1. The normalized spacial score (nSPS) is 10.8. The first-order valence-electron chi connectivity index (χ1n) is 8.29. The largest absolute Gasteiger partial charge is 0.496 e. The lowest BCUT2D eigenvalue weighted by atomic mass is 9.94. The van der Waals surface area contributed by atoms with Crippen LogP contribution in [0, 0.1) is 0 Å². The van der Waals surface area contributed by atoms with Gasteiger partial charge in [0.2, 0.25) is 0 Å². The summed E-state index contributed by atoms with van der Waals surface area (Å²) in [5, 5.41) is 10.3. The fraction of sp³-hybridized carbons (Fsp3) is 0.381. The maximum Gasteiger partial charge on any atom is 0.303 e. The average molecular weight is 360 g/mol. The van der Waals surface area contributed by atoms with Gasteiger partial charge in [-0.3, -0.25) is 9.59 Å². The molecule has 5 nitrogen and oxygen atoms in total. The summed E-state index contributed by atoms with van der Waals surface area (Å²) in [5.74, 6) is -1.09. The number of methoxy groups -OCH3 is 1. The van der Waals surface area contributed by atoms with Gasteiger partial charge in [-0.05, 0) is 22.4 Å². The number of rotatable bonds is 7. The van der Waals surface area contributed by atoms with E-state index in [0.29, 0.717) is 16.7 Å². The van der Waals surface area contributed by atoms with Crippen molar-refractivity contribution in [1.29, 1.82) is 0 Å². The average Bonchev–Trinajstić information content (AvgIpc) is 2.65. The van der Waals surface area contributed by atoms with Crippen LogP contribution in [0.15, 0.2) is 30.3 Å². The van der Waals surface area contributed by atoms with E-state index in [0.717, 1.165) is 17.2 Å². The van der Waals surface area contributed by atoms with Gasteiger partial charge in [0.25, 0.3) is 0 Å². The highest BCUT2D eigenvalue weighted by molar-refractivity contribution is 6.11. The molecule has 2 rings (SSSR count). The van der Waals surface area contributed by atoms with E-state index in [1.807, 2.05) is 26.0 Å². The second-order valence-corrected chi connectivity index (χ2v) is 5.37. The lowest BCUT2D eigenvalue weighted by Crippen LogP contribution is -2.07. The van der Waals surface area contributed by atoms with Gasteiger partial charge in [-0.1, -0.05) is 52.5 Å². The van der Waals surface area contributed by atoms with Crippen molar-refractivity contribution >= 4 is 28.8 Å². The van der Waals surface area contributed by atoms with Crippen LogP contribution in [0.25, 0.3) is 10.8 Å².